The Bertz CT molecular complexity index is 144. The van der Waals surface area contributed by atoms with Crippen LogP contribution in [0.15, 0.2) is 12.7 Å². The minimum absolute atomic E-state index is 0.349. The summed E-state index contributed by atoms with van der Waals surface area (Å²) in [7, 11) is 0. The van der Waals surface area contributed by atoms with Gasteiger partial charge >= 0.3 is 0 Å². The zero-order valence-corrected chi connectivity index (χ0v) is 8.11. The molecule has 1 N–H and O–H groups in total. The van der Waals surface area contributed by atoms with Crippen molar-refractivity contribution in [2.24, 2.45) is 0 Å². The molecule has 0 spiro atoms. The summed E-state index contributed by atoms with van der Waals surface area (Å²) < 4.78 is 5.16. The Kier molecular flexibility index (Phi) is 5.05. The van der Waals surface area contributed by atoms with Gasteiger partial charge in [-0.3, -0.25) is 0 Å². The first-order valence-corrected chi connectivity index (χ1v) is 4.92. The summed E-state index contributed by atoms with van der Waals surface area (Å²) in [5.74, 6) is 0. The van der Waals surface area contributed by atoms with E-state index in [9.17, 15) is 5.11 Å². The Morgan fingerprint density at radius 2 is 2.15 bits per heavy atom. The largest absolute Gasteiger partial charge is 0.389 e. The number of hydrogen-bond donors (Lipinski definition) is 1. The lowest BCUT2D eigenvalue weighted by molar-refractivity contribution is 0.0306. The lowest BCUT2D eigenvalue weighted by Crippen LogP contribution is -2.32. The second kappa shape index (κ2) is 6.13. The molecule has 1 unspecified atom stereocenters. The predicted molar refractivity (Wildman–Crippen MR) is 52.7 cm³/mol. The van der Waals surface area contributed by atoms with Gasteiger partial charge in [0.1, 0.15) is 0 Å². The van der Waals surface area contributed by atoms with E-state index in [1.54, 1.807) is 6.08 Å². The molecule has 0 radical (unpaired) electrons. The first-order chi connectivity index (χ1) is 6.33. The van der Waals surface area contributed by atoms with Crippen LogP contribution < -0.4 is 0 Å². The maximum atomic E-state index is 9.54. The lowest BCUT2D eigenvalue weighted by Gasteiger charge is -2.18. The van der Waals surface area contributed by atoms with Crippen LogP contribution in [0.1, 0.15) is 12.8 Å². The Balaban J connectivity index is 2.02. The molecular formula is C10H19NO2. The van der Waals surface area contributed by atoms with Crippen LogP contribution in [-0.4, -0.2) is 49.0 Å². The van der Waals surface area contributed by atoms with Crippen molar-refractivity contribution < 1.29 is 9.84 Å². The third kappa shape index (κ3) is 4.41. The minimum Gasteiger partial charge on any atom is -0.389 e. The van der Waals surface area contributed by atoms with Gasteiger partial charge in [-0.2, -0.15) is 0 Å². The molecule has 0 bridgehead atoms. The molecule has 1 fully saturated rings. The first kappa shape index (κ1) is 10.7. The van der Waals surface area contributed by atoms with Crippen molar-refractivity contribution in [2.45, 2.75) is 18.9 Å². The predicted octanol–water partition coefficient (Wildman–Crippen LogP) is 0.646. The van der Waals surface area contributed by atoms with Gasteiger partial charge in [-0.25, -0.2) is 0 Å². The van der Waals surface area contributed by atoms with Gasteiger partial charge in [-0.05, 0) is 25.9 Å². The fourth-order valence-electron chi connectivity index (χ4n) is 1.60. The number of ether oxygens (including phenoxy) is 1. The van der Waals surface area contributed by atoms with Crippen LogP contribution in [0.2, 0.25) is 0 Å². The average molecular weight is 185 g/mol. The molecular weight excluding hydrogens is 166 g/mol. The van der Waals surface area contributed by atoms with Crippen LogP contribution in [0.5, 0.6) is 0 Å². The van der Waals surface area contributed by atoms with E-state index in [0.29, 0.717) is 13.2 Å². The normalized spacial score (nSPS) is 20.4. The van der Waals surface area contributed by atoms with Crippen LogP contribution in [0.25, 0.3) is 0 Å². The van der Waals surface area contributed by atoms with Crippen molar-refractivity contribution in [3.63, 3.8) is 0 Å². The summed E-state index contributed by atoms with van der Waals surface area (Å²) in [4.78, 5) is 2.28. The first-order valence-electron chi connectivity index (χ1n) is 4.92. The van der Waals surface area contributed by atoms with Crippen molar-refractivity contribution in [2.75, 3.05) is 32.8 Å². The van der Waals surface area contributed by atoms with Gasteiger partial charge in [-0.15, -0.1) is 6.58 Å². The van der Waals surface area contributed by atoms with Crippen LogP contribution in [0, 0.1) is 0 Å². The van der Waals surface area contributed by atoms with Gasteiger partial charge < -0.3 is 14.7 Å². The highest BCUT2D eigenvalue weighted by molar-refractivity contribution is 4.70. The minimum atomic E-state index is -0.349. The van der Waals surface area contributed by atoms with Crippen molar-refractivity contribution in [3.8, 4) is 0 Å². The number of likely N-dealkylation sites (tertiary alicyclic amines) is 1. The van der Waals surface area contributed by atoms with E-state index in [2.05, 4.69) is 11.5 Å². The third-order valence-corrected chi connectivity index (χ3v) is 2.21. The molecule has 3 heteroatoms. The molecule has 1 heterocycles. The van der Waals surface area contributed by atoms with Gasteiger partial charge in [0.15, 0.2) is 0 Å². The number of aliphatic hydroxyl groups excluding tert-OH is 1. The van der Waals surface area contributed by atoms with Crippen LogP contribution >= 0.6 is 0 Å². The van der Waals surface area contributed by atoms with Gasteiger partial charge in [0.05, 0.1) is 19.3 Å². The number of rotatable bonds is 6. The SMILES string of the molecule is C=CCOCC(O)CN1CCCC1. The maximum absolute atomic E-state index is 9.54. The Morgan fingerprint density at radius 3 is 2.77 bits per heavy atom. The molecule has 1 aliphatic heterocycles. The second-order valence-corrected chi connectivity index (χ2v) is 3.49. The molecule has 1 saturated heterocycles. The Morgan fingerprint density at radius 1 is 1.46 bits per heavy atom. The zero-order chi connectivity index (χ0) is 9.52. The molecule has 0 amide bonds. The molecule has 0 aromatic carbocycles. The van der Waals surface area contributed by atoms with Gasteiger partial charge in [-0.1, -0.05) is 6.08 Å². The molecule has 0 aromatic rings. The third-order valence-electron chi connectivity index (χ3n) is 2.21. The van der Waals surface area contributed by atoms with Crippen LogP contribution in [0.4, 0.5) is 0 Å². The van der Waals surface area contributed by atoms with Crippen molar-refractivity contribution in [1.29, 1.82) is 0 Å². The van der Waals surface area contributed by atoms with E-state index < -0.39 is 0 Å². The summed E-state index contributed by atoms with van der Waals surface area (Å²) in [6.45, 7) is 7.48. The molecule has 3 nitrogen and oxygen atoms in total. The molecule has 1 aliphatic rings. The van der Waals surface area contributed by atoms with E-state index in [4.69, 9.17) is 4.74 Å². The van der Waals surface area contributed by atoms with Crippen molar-refractivity contribution in [1.82, 2.24) is 4.90 Å². The van der Waals surface area contributed by atoms with Crippen molar-refractivity contribution >= 4 is 0 Å². The topological polar surface area (TPSA) is 32.7 Å². The van der Waals surface area contributed by atoms with E-state index >= 15 is 0 Å². The maximum Gasteiger partial charge on any atom is 0.0900 e. The summed E-state index contributed by atoms with van der Waals surface area (Å²) in [5.41, 5.74) is 0. The molecule has 0 aromatic heterocycles. The summed E-state index contributed by atoms with van der Waals surface area (Å²) >= 11 is 0. The average Bonchev–Trinajstić information content (AvgIpc) is 2.57. The van der Waals surface area contributed by atoms with E-state index in [1.807, 2.05) is 0 Å². The standard InChI is InChI=1S/C10H19NO2/c1-2-7-13-9-10(12)8-11-5-3-4-6-11/h2,10,12H,1,3-9H2. The molecule has 1 rings (SSSR count). The van der Waals surface area contributed by atoms with E-state index in [1.165, 1.54) is 12.8 Å². The van der Waals surface area contributed by atoms with Crippen LogP contribution in [-0.2, 0) is 4.74 Å². The molecule has 76 valence electrons. The van der Waals surface area contributed by atoms with Crippen LogP contribution in [0.3, 0.4) is 0 Å². The lowest BCUT2D eigenvalue weighted by atomic mass is 10.3. The van der Waals surface area contributed by atoms with Gasteiger partial charge in [0.25, 0.3) is 0 Å². The molecule has 1 atom stereocenters. The smallest absolute Gasteiger partial charge is 0.0900 e. The summed E-state index contributed by atoms with van der Waals surface area (Å²) in [6, 6.07) is 0. The monoisotopic (exact) mass is 185 g/mol. The zero-order valence-electron chi connectivity index (χ0n) is 8.11. The second-order valence-electron chi connectivity index (χ2n) is 3.49. The molecule has 0 saturated carbocycles. The van der Waals surface area contributed by atoms with E-state index in [0.717, 1.165) is 19.6 Å². The molecule has 0 aliphatic carbocycles. The van der Waals surface area contributed by atoms with Gasteiger partial charge in [0, 0.05) is 6.54 Å². The number of aliphatic hydroxyl groups is 1. The molecule has 13 heavy (non-hydrogen) atoms. The Labute approximate surface area is 80.0 Å². The summed E-state index contributed by atoms with van der Waals surface area (Å²) in [5, 5.41) is 9.54. The summed E-state index contributed by atoms with van der Waals surface area (Å²) in [6.07, 6.45) is 3.88. The number of β-amino-alcohol motifs (C(OH)–C–C–N with tert-alkyl or cyclic N) is 1. The highest BCUT2D eigenvalue weighted by Gasteiger charge is 2.15. The van der Waals surface area contributed by atoms with Gasteiger partial charge in [0.2, 0.25) is 0 Å². The fourth-order valence-corrected chi connectivity index (χ4v) is 1.60. The highest BCUT2D eigenvalue weighted by atomic mass is 16.5. The number of hydrogen-bond acceptors (Lipinski definition) is 3. The van der Waals surface area contributed by atoms with E-state index in [-0.39, 0.29) is 6.10 Å². The fraction of sp³-hybridized carbons (Fsp3) is 0.800. The Hall–Kier alpha value is -0.380. The van der Waals surface area contributed by atoms with Crippen molar-refractivity contribution in [3.05, 3.63) is 12.7 Å². The quantitative estimate of drug-likeness (QED) is 0.487. The number of nitrogens with zero attached hydrogens (tertiary/aromatic N) is 1. The highest BCUT2D eigenvalue weighted by Crippen LogP contribution is 2.07.